The Morgan fingerprint density at radius 1 is 1.06 bits per heavy atom. The molecule has 32 heavy (non-hydrogen) atoms. The van der Waals surface area contributed by atoms with Gasteiger partial charge in [-0.25, -0.2) is 9.59 Å². The predicted octanol–water partition coefficient (Wildman–Crippen LogP) is 2.23. The molecule has 0 saturated carbocycles. The van der Waals surface area contributed by atoms with E-state index in [9.17, 15) is 14.6 Å². The molecule has 3 rings (SSSR count). The minimum Gasteiger partial charge on any atom is -0.473 e. The molecule has 170 valence electrons. The van der Waals surface area contributed by atoms with E-state index >= 15 is 0 Å². The number of ether oxygens (including phenoxy) is 3. The van der Waals surface area contributed by atoms with Crippen molar-refractivity contribution < 1.29 is 33.5 Å². The van der Waals surface area contributed by atoms with Crippen molar-refractivity contribution in [3.63, 3.8) is 0 Å². The minimum atomic E-state index is -1.23. The van der Waals surface area contributed by atoms with Gasteiger partial charge in [0.05, 0.1) is 6.10 Å². The molecule has 10 heteroatoms. The maximum atomic E-state index is 11.9. The first-order chi connectivity index (χ1) is 15.2. The number of alkyl carbamates (subject to hydrolysis) is 2. The number of rotatable bonds is 7. The molecule has 2 aromatic rings. The van der Waals surface area contributed by atoms with Crippen molar-refractivity contribution in [3.8, 4) is 5.75 Å². The van der Waals surface area contributed by atoms with E-state index in [4.69, 9.17) is 18.9 Å². The van der Waals surface area contributed by atoms with Gasteiger partial charge in [-0.3, -0.25) is 5.32 Å². The van der Waals surface area contributed by atoms with Crippen molar-refractivity contribution >= 4 is 24.8 Å². The van der Waals surface area contributed by atoms with Gasteiger partial charge >= 0.3 is 19.3 Å². The zero-order valence-corrected chi connectivity index (χ0v) is 18.3. The van der Waals surface area contributed by atoms with Crippen LogP contribution in [-0.2, 0) is 20.7 Å². The first kappa shape index (κ1) is 23.4. The second kappa shape index (κ2) is 10.4. The van der Waals surface area contributed by atoms with Crippen LogP contribution >= 0.6 is 0 Å². The summed E-state index contributed by atoms with van der Waals surface area (Å²) in [5.41, 5.74) is 1.38. The summed E-state index contributed by atoms with van der Waals surface area (Å²) >= 11 is 0. The van der Waals surface area contributed by atoms with E-state index in [0.717, 1.165) is 5.56 Å². The molecule has 0 aromatic heterocycles. The SMILES string of the molecule is CC(C)(C)OC(=O)NCC1OB(O)c2c(OCNC(=O)OCc3ccccc3)cccc21. The smallest absolute Gasteiger partial charge is 0.473 e. The van der Waals surface area contributed by atoms with Crippen molar-refractivity contribution in [3.05, 3.63) is 59.7 Å². The number of carbonyl (C=O) groups is 2. The number of nitrogens with one attached hydrogen (secondary N) is 2. The summed E-state index contributed by atoms with van der Waals surface area (Å²) in [5, 5.41) is 15.5. The Morgan fingerprint density at radius 3 is 2.53 bits per heavy atom. The Hall–Kier alpha value is -3.24. The summed E-state index contributed by atoms with van der Waals surface area (Å²) in [6.07, 6.45) is -1.77. The molecule has 1 atom stereocenters. The van der Waals surface area contributed by atoms with Crippen molar-refractivity contribution in [2.75, 3.05) is 13.3 Å². The topological polar surface area (TPSA) is 115 Å². The molecule has 0 aliphatic carbocycles. The fraction of sp³-hybridized carbons (Fsp3) is 0.364. The van der Waals surface area contributed by atoms with Gasteiger partial charge in [0.1, 0.15) is 18.0 Å². The summed E-state index contributed by atoms with van der Waals surface area (Å²) < 4.78 is 21.5. The van der Waals surface area contributed by atoms with Gasteiger partial charge in [0, 0.05) is 12.0 Å². The third-order valence-corrected chi connectivity index (χ3v) is 4.47. The normalized spacial score (nSPS) is 15.0. The van der Waals surface area contributed by atoms with E-state index in [0.29, 0.717) is 16.8 Å². The van der Waals surface area contributed by atoms with Crippen LogP contribution in [0, 0.1) is 0 Å². The van der Waals surface area contributed by atoms with E-state index in [1.54, 1.807) is 39.0 Å². The van der Waals surface area contributed by atoms with Gasteiger partial charge in [0.25, 0.3) is 0 Å². The maximum Gasteiger partial charge on any atom is 0.495 e. The van der Waals surface area contributed by atoms with Gasteiger partial charge in [0.2, 0.25) is 0 Å². The lowest BCUT2D eigenvalue weighted by Crippen LogP contribution is -2.35. The largest absolute Gasteiger partial charge is 0.495 e. The lowest BCUT2D eigenvalue weighted by Gasteiger charge is -2.21. The number of amides is 2. The first-order valence-electron chi connectivity index (χ1n) is 10.2. The predicted molar refractivity (Wildman–Crippen MR) is 117 cm³/mol. The summed E-state index contributed by atoms with van der Waals surface area (Å²) in [5.74, 6) is 0.359. The first-order valence-corrected chi connectivity index (χ1v) is 10.2. The van der Waals surface area contributed by atoms with Crippen LogP contribution in [0.5, 0.6) is 5.75 Å². The van der Waals surface area contributed by atoms with Gasteiger partial charge in [0.15, 0.2) is 6.73 Å². The molecule has 0 bridgehead atoms. The van der Waals surface area contributed by atoms with E-state index in [-0.39, 0.29) is 19.9 Å². The summed E-state index contributed by atoms with van der Waals surface area (Å²) in [7, 11) is -1.23. The van der Waals surface area contributed by atoms with E-state index in [1.807, 2.05) is 30.3 Å². The molecule has 1 unspecified atom stereocenters. The van der Waals surface area contributed by atoms with Gasteiger partial charge in [-0.05, 0) is 38.0 Å². The number of hydrogen-bond acceptors (Lipinski definition) is 7. The maximum absolute atomic E-state index is 11.9. The molecule has 9 nitrogen and oxygen atoms in total. The summed E-state index contributed by atoms with van der Waals surface area (Å²) in [6.45, 7) is 5.42. The van der Waals surface area contributed by atoms with Gasteiger partial charge in [-0.15, -0.1) is 0 Å². The Morgan fingerprint density at radius 2 is 1.81 bits per heavy atom. The van der Waals surface area contributed by atoms with E-state index in [2.05, 4.69) is 10.6 Å². The number of benzene rings is 2. The molecular formula is C22H27BN2O7. The second-order valence-electron chi connectivity index (χ2n) is 8.15. The van der Waals surface area contributed by atoms with Crippen LogP contribution < -0.4 is 20.8 Å². The Bertz CT molecular complexity index is 934. The fourth-order valence-electron chi connectivity index (χ4n) is 3.12. The average molecular weight is 442 g/mol. The average Bonchev–Trinajstić information content (AvgIpc) is 3.07. The zero-order chi connectivity index (χ0) is 23.1. The lowest BCUT2D eigenvalue weighted by molar-refractivity contribution is 0.0498. The van der Waals surface area contributed by atoms with Crippen LogP contribution in [-0.4, -0.2) is 43.2 Å². The van der Waals surface area contributed by atoms with Crippen molar-refractivity contribution in [1.82, 2.24) is 10.6 Å². The van der Waals surface area contributed by atoms with Gasteiger partial charge < -0.3 is 29.2 Å². The van der Waals surface area contributed by atoms with Crippen LogP contribution in [0.2, 0.25) is 0 Å². The van der Waals surface area contributed by atoms with Crippen LogP contribution in [0.3, 0.4) is 0 Å². The van der Waals surface area contributed by atoms with Crippen molar-refractivity contribution in [2.45, 2.75) is 39.1 Å². The quantitative estimate of drug-likeness (QED) is 0.445. The van der Waals surface area contributed by atoms with E-state index < -0.39 is 31.0 Å². The van der Waals surface area contributed by atoms with Gasteiger partial charge in [-0.1, -0.05) is 42.5 Å². The lowest BCUT2D eigenvalue weighted by atomic mass is 9.78. The summed E-state index contributed by atoms with van der Waals surface area (Å²) in [6, 6.07) is 14.5. The highest BCUT2D eigenvalue weighted by molar-refractivity contribution is 6.62. The molecule has 0 radical (unpaired) electrons. The van der Waals surface area contributed by atoms with Crippen molar-refractivity contribution in [1.29, 1.82) is 0 Å². The highest BCUT2D eigenvalue weighted by Gasteiger charge is 2.38. The molecule has 2 amide bonds. The van der Waals surface area contributed by atoms with Crippen molar-refractivity contribution in [2.24, 2.45) is 0 Å². The molecule has 3 N–H and O–H groups in total. The zero-order valence-electron chi connectivity index (χ0n) is 18.3. The highest BCUT2D eigenvalue weighted by Crippen LogP contribution is 2.27. The number of fused-ring (bicyclic) bond motifs is 1. The van der Waals surface area contributed by atoms with E-state index in [1.165, 1.54) is 0 Å². The number of hydrogen-bond donors (Lipinski definition) is 3. The fourth-order valence-corrected chi connectivity index (χ4v) is 3.12. The molecule has 0 saturated heterocycles. The Kier molecular flexibility index (Phi) is 7.60. The van der Waals surface area contributed by atoms with Crippen LogP contribution in [0.1, 0.15) is 38.0 Å². The highest BCUT2D eigenvalue weighted by atomic mass is 16.6. The molecule has 0 spiro atoms. The minimum absolute atomic E-state index is 0.118. The van der Waals surface area contributed by atoms with Gasteiger partial charge in [-0.2, -0.15) is 0 Å². The molecule has 2 aromatic carbocycles. The molecule has 1 aliphatic heterocycles. The monoisotopic (exact) mass is 442 g/mol. The summed E-state index contributed by atoms with van der Waals surface area (Å²) in [4.78, 5) is 23.8. The third kappa shape index (κ3) is 6.63. The molecule has 1 aliphatic rings. The Labute approximate surface area is 187 Å². The van der Waals surface area contributed by atoms with Crippen LogP contribution in [0.15, 0.2) is 48.5 Å². The van der Waals surface area contributed by atoms with Crippen LogP contribution in [0.4, 0.5) is 9.59 Å². The number of carbonyl (C=O) groups excluding carboxylic acids is 2. The standard InChI is InChI=1S/C22H27BN2O7/c1-22(2,3)31-21(27)24-12-18-16-10-7-11-17(19(16)23(28)32-18)30-14-25-20(26)29-13-15-8-5-4-6-9-15/h4-11,18,28H,12-14H2,1-3H3,(H,24,27)(H,25,26). The third-order valence-electron chi connectivity index (χ3n) is 4.47. The second-order valence-corrected chi connectivity index (χ2v) is 8.15. The molecule has 0 fully saturated rings. The molecular weight excluding hydrogens is 415 g/mol. The molecule has 1 heterocycles. The van der Waals surface area contributed by atoms with Crippen LogP contribution in [0.25, 0.3) is 0 Å². The Balaban J connectivity index is 1.51.